The van der Waals surface area contributed by atoms with Crippen LogP contribution < -0.4 is 10.1 Å². The summed E-state index contributed by atoms with van der Waals surface area (Å²) in [5.74, 6) is 0.663. The fraction of sp³-hybridized carbons (Fsp3) is 0.250. The molecule has 106 valence electrons. The molecule has 0 aliphatic carbocycles. The third-order valence-corrected chi connectivity index (χ3v) is 3.76. The minimum atomic E-state index is 0.163. The van der Waals surface area contributed by atoms with E-state index >= 15 is 0 Å². The second-order valence-electron chi connectivity index (χ2n) is 4.66. The summed E-state index contributed by atoms with van der Waals surface area (Å²) in [5.41, 5.74) is 2.31. The lowest BCUT2D eigenvalue weighted by atomic mass is 10.1. The Hall–Kier alpha value is -1.52. The summed E-state index contributed by atoms with van der Waals surface area (Å²) in [4.78, 5) is 0. The molecule has 1 atom stereocenters. The molecule has 0 radical (unpaired) electrons. The lowest BCUT2D eigenvalue weighted by Crippen LogP contribution is -2.18. The van der Waals surface area contributed by atoms with Crippen molar-refractivity contribution in [3.63, 3.8) is 0 Å². The van der Waals surface area contributed by atoms with Gasteiger partial charge in [-0.1, -0.05) is 34.1 Å². The first-order chi connectivity index (χ1) is 9.60. The Bertz CT molecular complexity index is 569. The minimum absolute atomic E-state index is 0.163. The summed E-state index contributed by atoms with van der Waals surface area (Å²) in [6.45, 7) is 2.88. The van der Waals surface area contributed by atoms with Crippen molar-refractivity contribution in [2.75, 3.05) is 7.11 Å². The maximum Gasteiger partial charge on any atom is 0.160 e. The SMILES string of the molecule is COc1cc(C(C)NCc2ccc(Br)cc2)ccc1O. The molecular formula is C16H18BrNO2. The van der Waals surface area contributed by atoms with Crippen LogP contribution in [0.1, 0.15) is 24.1 Å². The zero-order chi connectivity index (χ0) is 14.5. The van der Waals surface area contributed by atoms with Gasteiger partial charge in [-0.2, -0.15) is 0 Å². The molecule has 0 aliphatic heterocycles. The number of nitrogens with one attached hydrogen (secondary N) is 1. The molecule has 0 saturated heterocycles. The average Bonchev–Trinajstić information content (AvgIpc) is 2.47. The summed E-state index contributed by atoms with van der Waals surface area (Å²) in [6, 6.07) is 13.8. The van der Waals surface area contributed by atoms with E-state index in [1.165, 1.54) is 5.56 Å². The molecule has 2 rings (SSSR count). The molecular weight excluding hydrogens is 318 g/mol. The van der Waals surface area contributed by atoms with Gasteiger partial charge in [0.05, 0.1) is 7.11 Å². The number of hydrogen-bond acceptors (Lipinski definition) is 3. The van der Waals surface area contributed by atoms with Gasteiger partial charge in [-0.15, -0.1) is 0 Å². The van der Waals surface area contributed by atoms with Gasteiger partial charge in [-0.3, -0.25) is 0 Å². The molecule has 1 unspecified atom stereocenters. The van der Waals surface area contributed by atoms with E-state index in [1.54, 1.807) is 13.2 Å². The lowest BCUT2D eigenvalue weighted by molar-refractivity contribution is 0.372. The smallest absolute Gasteiger partial charge is 0.160 e. The van der Waals surface area contributed by atoms with E-state index in [4.69, 9.17) is 4.74 Å². The predicted octanol–water partition coefficient (Wildman–Crippen LogP) is 4.01. The molecule has 3 nitrogen and oxygen atoms in total. The Kier molecular flexibility index (Phi) is 5.04. The van der Waals surface area contributed by atoms with E-state index in [-0.39, 0.29) is 11.8 Å². The molecule has 20 heavy (non-hydrogen) atoms. The van der Waals surface area contributed by atoms with Crippen LogP contribution in [0, 0.1) is 0 Å². The second-order valence-corrected chi connectivity index (χ2v) is 5.58. The first kappa shape index (κ1) is 14.9. The highest BCUT2D eigenvalue weighted by Crippen LogP contribution is 2.28. The maximum absolute atomic E-state index is 9.60. The van der Waals surface area contributed by atoms with Crippen molar-refractivity contribution in [3.05, 3.63) is 58.1 Å². The van der Waals surface area contributed by atoms with Crippen LogP contribution >= 0.6 is 15.9 Å². The summed E-state index contributed by atoms with van der Waals surface area (Å²) >= 11 is 3.43. The van der Waals surface area contributed by atoms with E-state index in [1.807, 2.05) is 24.3 Å². The highest BCUT2D eigenvalue weighted by molar-refractivity contribution is 9.10. The first-order valence-electron chi connectivity index (χ1n) is 6.45. The lowest BCUT2D eigenvalue weighted by Gasteiger charge is -2.16. The summed E-state index contributed by atoms with van der Waals surface area (Å²) < 4.78 is 6.21. The van der Waals surface area contributed by atoms with E-state index in [2.05, 4.69) is 40.3 Å². The molecule has 0 heterocycles. The number of phenols is 1. The fourth-order valence-electron chi connectivity index (χ4n) is 1.95. The van der Waals surface area contributed by atoms with Crippen molar-refractivity contribution >= 4 is 15.9 Å². The van der Waals surface area contributed by atoms with Crippen LogP contribution in [0.25, 0.3) is 0 Å². The van der Waals surface area contributed by atoms with Crippen LogP contribution in [-0.4, -0.2) is 12.2 Å². The van der Waals surface area contributed by atoms with Gasteiger partial charge in [0.1, 0.15) is 0 Å². The summed E-state index contributed by atoms with van der Waals surface area (Å²) in [5, 5.41) is 13.1. The van der Waals surface area contributed by atoms with Crippen molar-refractivity contribution in [1.29, 1.82) is 0 Å². The van der Waals surface area contributed by atoms with Crippen LogP contribution in [0.5, 0.6) is 11.5 Å². The van der Waals surface area contributed by atoms with Crippen molar-refractivity contribution in [3.8, 4) is 11.5 Å². The summed E-state index contributed by atoms with van der Waals surface area (Å²) in [6.07, 6.45) is 0. The monoisotopic (exact) mass is 335 g/mol. The van der Waals surface area contributed by atoms with Crippen molar-refractivity contribution in [1.82, 2.24) is 5.32 Å². The fourth-order valence-corrected chi connectivity index (χ4v) is 2.22. The molecule has 2 aromatic rings. The van der Waals surface area contributed by atoms with E-state index in [0.29, 0.717) is 5.75 Å². The van der Waals surface area contributed by atoms with Crippen LogP contribution in [-0.2, 0) is 6.54 Å². The number of halogens is 1. The van der Waals surface area contributed by atoms with Gasteiger partial charge in [-0.05, 0) is 42.3 Å². The summed E-state index contributed by atoms with van der Waals surface area (Å²) in [7, 11) is 1.55. The van der Waals surface area contributed by atoms with Gasteiger partial charge in [0.25, 0.3) is 0 Å². The van der Waals surface area contributed by atoms with E-state index < -0.39 is 0 Å². The quantitative estimate of drug-likeness (QED) is 0.867. The number of rotatable bonds is 5. The molecule has 0 saturated carbocycles. The topological polar surface area (TPSA) is 41.5 Å². The standard InChI is InChI=1S/C16H18BrNO2/c1-11(13-5-8-15(19)16(9-13)20-2)18-10-12-3-6-14(17)7-4-12/h3-9,11,18-19H,10H2,1-2H3. The van der Waals surface area contributed by atoms with E-state index in [9.17, 15) is 5.11 Å². The van der Waals surface area contributed by atoms with E-state index in [0.717, 1.165) is 16.6 Å². The zero-order valence-corrected chi connectivity index (χ0v) is 13.1. The predicted molar refractivity (Wildman–Crippen MR) is 84.1 cm³/mol. The highest BCUT2D eigenvalue weighted by atomic mass is 79.9. The van der Waals surface area contributed by atoms with Crippen LogP contribution in [0.15, 0.2) is 46.9 Å². The normalized spacial score (nSPS) is 12.2. The van der Waals surface area contributed by atoms with Gasteiger partial charge in [-0.25, -0.2) is 0 Å². The zero-order valence-electron chi connectivity index (χ0n) is 11.6. The third kappa shape index (κ3) is 3.74. The van der Waals surface area contributed by atoms with Crippen LogP contribution in [0.3, 0.4) is 0 Å². The largest absolute Gasteiger partial charge is 0.504 e. The number of methoxy groups -OCH3 is 1. The average molecular weight is 336 g/mol. The number of aromatic hydroxyl groups is 1. The molecule has 4 heteroatoms. The Morgan fingerprint density at radius 1 is 1.20 bits per heavy atom. The number of hydrogen-bond donors (Lipinski definition) is 2. The van der Waals surface area contributed by atoms with Gasteiger partial charge in [0.2, 0.25) is 0 Å². The Morgan fingerprint density at radius 3 is 2.55 bits per heavy atom. The molecule has 0 aliphatic rings. The van der Waals surface area contributed by atoms with Gasteiger partial charge in [0.15, 0.2) is 11.5 Å². The Balaban J connectivity index is 2.01. The number of phenolic OH excluding ortho intramolecular Hbond substituents is 1. The van der Waals surface area contributed by atoms with Crippen molar-refractivity contribution < 1.29 is 9.84 Å². The minimum Gasteiger partial charge on any atom is -0.504 e. The highest BCUT2D eigenvalue weighted by Gasteiger charge is 2.08. The third-order valence-electron chi connectivity index (χ3n) is 3.23. The molecule has 0 bridgehead atoms. The molecule has 0 fully saturated rings. The number of ether oxygens (including phenoxy) is 1. The van der Waals surface area contributed by atoms with Crippen LogP contribution in [0.2, 0.25) is 0 Å². The van der Waals surface area contributed by atoms with Gasteiger partial charge < -0.3 is 15.2 Å². The number of benzene rings is 2. The van der Waals surface area contributed by atoms with Gasteiger partial charge in [0, 0.05) is 17.1 Å². The molecule has 2 N–H and O–H groups in total. The molecule has 0 amide bonds. The van der Waals surface area contributed by atoms with Crippen molar-refractivity contribution in [2.24, 2.45) is 0 Å². The van der Waals surface area contributed by atoms with Crippen molar-refractivity contribution in [2.45, 2.75) is 19.5 Å². The molecule has 0 aromatic heterocycles. The Labute approximate surface area is 127 Å². The maximum atomic E-state index is 9.60. The molecule has 0 spiro atoms. The van der Waals surface area contributed by atoms with Gasteiger partial charge >= 0.3 is 0 Å². The second kappa shape index (κ2) is 6.77. The van der Waals surface area contributed by atoms with Crippen LogP contribution in [0.4, 0.5) is 0 Å². The molecule has 2 aromatic carbocycles. The first-order valence-corrected chi connectivity index (χ1v) is 7.24. The Morgan fingerprint density at radius 2 is 1.90 bits per heavy atom.